The molecule has 0 spiro atoms. The molecule has 1 aliphatic heterocycles. The van der Waals surface area contributed by atoms with Gasteiger partial charge in [-0.1, -0.05) is 60.7 Å². The molecule has 0 unspecified atom stereocenters. The van der Waals surface area contributed by atoms with Crippen LogP contribution in [0.25, 0.3) is 0 Å². The summed E-state index contributed by atoms with van der Waals surface area (Å²) in [7, 11) is 0. The van der Waals surface area contributed by atoms with Gasteiger partial charge in [-0.25, -0.2) is 0 Å². The molecule has 2 N–H and O–H groups in total. The van der Waals surface area contributed by atoms with Crippen LogP contribution in [0.15, 0.2) is 60.7 Å². The van der Waals surface area contributed by atoms with Gasteiger partial charge < -0.3 is 15.4 Å². The van der Waals surface area contributed by atoms with Gasteiger partial charge in [0.15, 0.2) is 0 Å². The monoisotopic (exact) mass is 324 g/mol. The molecule has 1 amide bonds. The Balaban J connectivity index is 1.66. The molecule has 1 saturated heterocycles. The Morgan fingerprint density at radius 3 is 2.50 bits per heavy atom. The van der Waals surface area contributed by atoms with E-state index in [4.69, 9.17) is 4.74 Å². The molecule has 126 valence electrons. The van der Waals surface area contributed by atoms with Crippen molar-refractivity contribution in [2.45, 2.75) is 25.0 Å². The van der Waals surface area contributed by atoms with Gasteiger partial charge in [-0.2, -0.15) is 0 Å². The van der Waals surface area contributed by atoms with Crippen molar-refractivity contribution in [3.63, 3.8) is 0 Å². The van der Waals surface area contributed by atoms with Crippen molar-refractivity contribution in [1.29, 1.82) is 0 Å². The number of hydrogen-bond donors (Lipinski definition) is 2. The molecule has 0 saturated carbocycles. The Kier molecular flexibility index (Phi) is 5.99. The fourth-order valence-electron chi connectivity index (χ4n) is 3.00. The van der Waals surface area contributed by atoms with Crippen LogP contribution in [0.4, 0.5) is 0 Å². The molecule has 1 fully saturated rings. The van der Waals surface area contributed by atoms with Gasteiger partial charge in [0.2, 0.25) is 5.91 Å². The summed E-state index contributed by atoms with van der Waals surface area (Å²) in [4.78, 5) is 12.5. The highest BCUT2D eigenvalue weighted by Crippen LogP contribution is 2.19. The minimum Gasteiger partial charge on any atom is -0.375 e. The first kappa shape index (κ1) is 16.7. The first-order valence-corrected chi connectivity index (χ1v) is 8.52. The smallest absolute Gasteiger partial charge is 0.223 e. The highest BCUT2D eigenvalue weighted by atomic mass is 16.5. The maximum atomic E-state index is 12.5. The van der Waals surface area contributed by atoms with E-state index >= 15 is 0 Å². The van der Waals surface area contributed by atoms with Crippen LogP contribution in [0.3, 0.4) is 0 Å². The maximum absolute atomic E-state index is 12.5. The fourth-order valence-corrected chi connectivity index (χ4v) is 3.00. The highest BCUT2D eigenvalue weighted by Gasteiger charge is 2.20. The summed E-state index contributed by atoms with van der Waals surface area (Å²) >= 11 is 0. The number of nitrogens with one attached hydrogen (secondary N) is 2. The van der Waals surface area contributed by atoms with Crippen LogP contribution in [-0.4, -0.2) is 31.7 Å². The van der Waals surface area contributed by atoms with Crippen LogP contribution < -0.4 is 10.6 Å². The van der Waals surface area contributed by atoms with Crippen molar-refractivity contribution in [3.05, 3.63) is 71.8 Å². The number of amides is 1. The predicted octanol–water partition coefficient (Wildman–Crippen LogP) is 2.47. The summed E-state index contributed by atoms with van der Waals surface area (Å²) in [6.07, 6.45) is 1.14. The van der Waals surface area contributed by atoms with E-state index in [2.05, 4.69) is 34.9 Å². The summed E-state index contributed by atoms with van der Waals surface area (Å²) in [5, 5.41) is 6.44. The number of hydrogen-bond acceptors (Lipinski definition) is 3. The van der Waals surface area contributed by atoms with Gasteiger partial charge in [0.05, 0.1) is 25.2 Å². The van der Waals surface area contributed by atoms with Crippen LogP contribution in [0.2, 0.25) is 0 Å². The van der Waals surface area contributed by atoms with E-state index < -0.39 is 0 Å². The van der Waals surface area contributed by atoms with Gasteiger partial charge in [0, 0.05) is 13.1 Å². The van der Waals surface area contributed by atoms with Crippen LogP contribution >= 0.6 is 0 Å². The normalized spacial score (nSPS) is 18.8. The molecule has 2 aromatic carbocycles. The lowest BCUT2D eigenvalue weighted by molar-refractivity contribution is -0.125. The number of morpholine rings is 1. The summed E-state index contributed by atoms with van der Waals surface area (Å²) in [6, 6.07) is 20.4. The van der Waals surface area contributed by atoms with E-state index in [1.165, 1.54) is 5.56 Å². The predicted molar refractivity (Wildman–Crippen MR) is 94.7 cm³/mol. The Morgan fingerprint density at radius 1 is 1.12 bits per heavy atom. The molecule has 1 heterocycles. The molecular formula is C20H24N2O2. The van der Waals surface area contributed by atoms with Crippen molar-refractivity contribution < 1.29 is 9.53 Å². The minimum absolute atomic E-state index is 0.0300. The van der Waals surface area contributed by atoms with Crippen LogP contribution in [-0.2, 0) is 16.0 Å². The summed E-state index contributed by atoms with van der Waals surface area (Å²) in [5.41, 5.74) is 2.33. The van der Waals surface area contributed by atoms with E-state index in [-0.39, 0.29) is 18.1 Å². The zero-order valence-electron chi connectivity index (χ0n) is 13.8. The van der Waals surface area contributed by atoms with E-state index in [1.54, 1.807) is 0 Å². The van der Waals surface area contributed by atoms with Crippen LogP contribution in [0.1, 0.15) is 23.6 Å². The lowest BCUT2D eigenvalue weighted by Gasteiger charge is -2.25. The van der Waals surface area contributed by atoms with Gasteiger partial charge in [-0.05, 0) is 17.5 Å². The lowest BCUT2D eigenvalue weighted by atomic mass is 9.98. The van der Waals surface area contributed by atoms with Crippen molar-refractivity contribution in [2.24, 2.45) is 0 Å². The maximum Gasteiger partial charge on any atom is 0.223 e. The molecule has 2 atom stereocenters. The fraction of sp³-hybridized carbons (Fsp3) is 0.350. The topological polar surface area (TPSA) is 50.4 Å². The van der Waals surface area contributed by atoms with Crippen molar-refractivity contribution in [2.75, 3.05) is 19.7 Å². The highest BCUT2D eigenvalue weighted by molar-refractivity contribution is 5.77. The number of carbonyl (C=O) groups excluding carboxylic acids is 1. The number of ether oxygens (including phenoxy) is 1. The van der Waals surface area contributed by atoms with Crippen molar-refractivity contribution >= 4 is 5.91 Å². The average molecular weight is 324 g/mol. The molecule has 24 heavy (non-hydrogen) atoms. The van der Waals surface area contributed by atoms with Gasteiger partial charge in [-0.15, -0.1) is 0 Å². The first-order chi connectivity index (χ1) is 11.8. The molecule has 4 nitrogen and oxygen atoms in total. The third-order valence-electron chi connectivity index (χ3n) is 4.24. The molecule has 0 bridgehead atoms. The quantitative estimate of drug-likeness (QED) is 0.858. The molecule has 4 heteroatoms. The van der Waals surface area contributed by atoms with Gasteiger partial charge in [-0.3, -0.25) is 4.79 Å². The number of benzene rings is 2. The van der Waals surface area contributed by atoms with E-state index in [9.17, 15) is 4.79 Å². The molecule has 0 aliphatic carbocycles. The first-order valence-electron chi connectivity index (χ1n) is 8.52. The second-order valence-electron chi connectivity index (χ2n) is 6.12. The average Bonchev–Trinajstić information content (AvgIpc) is 2.63. The molecule has 2 aromatic rings. The molecule has 1 aliphatic rings. The number of carbonyl (C=O) groups is 1. The zero-order chi connectivity index (χ0) is 16.6. The van der Waals surface area contributed by atoms with E-state index in [1.807, 2.05) is 36.4 Å². The number of rotatable bonds is 6. The third kappa shape index (κ3) is 4.91. The Morgan fingerprint density at radius 2 is 1.83 bits per heavy atom. The second kappa shape index (κ2) is 8.62. The Hall–Kier alpha value is -2.17. The van der Waals surface area contributed by atoms with E-state index in [0.29, 0.717) is 13.0 Å². The molecule has 3 rings (SSSR count). The van der Waals surface area contributed by atoms with Crippen LogP contribution in [0.5, 0.6) is 0 Å². The summed E-state index contributed by atoms with van der Waals surface area (Å²) in [5.74, 6) is 0.0356. The Labute approximate surface area is 143 Å². The van der Waals surface area contributed by atoms with E-state index in [0.717, 1.165) is 25.1 Å². The largest absolute Gasteiger partial charge is 0.375 e. The SMILES string of the molecule is O=C(C[C@H]1CNCCO1)N[C@H](Cc1ccccc1)c1ccccc1. The molecule has 0 aromatic heterocycles. The zero-order valence-corrected chi connectivity index (χ0v) is 13.8. The minimum atomic E-state index is -0.0353. The van der Waals surface area contributed by atoms with Gasteiger partial charge in [0.1, 0.15) is 0 Å². The second-order valence-corrected chi connectivity index (χ2v) is 6.12. The Bertz CT molecular complexity index is 625. The summed E-state index contributed by atoms with van der Waals surface area (Å²) in [6.45, 7) is 2.27. The third-order valence-corrected chi connectivity index (χ3v) is 4.24. The van der Waals surface area contributed by atoms with Crippen molar-refractivity contribution in [3.8, 4) is 0 Å². The van der Waals surface area contributed by atoms with Gasteiger partial charge >= 0.3 is 0 Å². The van der Waals surface area contributed by atoms with Crippen molar-refractivity contribution in [1.82, 2.24) is 10.6 Å². The van der Waals surface area contributed by atoms with Gasteiger partial charge in [0.25, 0.3) is 0 Å². The van der Waals surface area contributed by atoms with Crippen LogP contribution in [0, 0.1) is 0 Å². The molecule has 0 radical (unpaired) electrons. The molecular weight excluding hydrogens is 300 g/mol. The standard InChI is InChI=1S/C20H24N2O2/c23-20(14-18-15-21-11-12-24-18)22-19(17-9-5-2-6-10-17)13-16-7-3-1-4-8-16/h1-10,18-19,21H,11-15H2,(H,22,23)/t18-,19+/m0/s1. The summed E-state index contributed by atoms with van der Waals surface area (Å²) < 4.78 is 5.63. The lowest BCUT2D eigenvalue weighted by Crippen LogP contribution is -2.42.